The van der Waals surface area contributed by atoms with E-state index in [0.717, 1.165) is 22.3 Å². The van der Waals surface area contributed by atoms with E-state index in [2.05, 4.69) is 4.98 Å². The number of nitrogens with zero attached hydrogens (tertiary/aromatic N) is 3. The summed E-state index contributed by atoms with van der Waals surface area (Å²) in [6, 6.07) is 17.3. The highest BCUT2D eigenvalue weighted by Crippen LogP contribution is 2.31. The van der Waals surface area contributed by atoms with Crippen LogP contribution >= 0.6 is 0 Å². The van der Waals surface area contributed by atoms with Crippen LogP contribution in [-0.4, -0.2) is 55.7 Å². The van der Waals surface area contributed by atoms with Gasteiger partial charge in [0.2, 0.25) is 0 Å². The van der Waals surface area contributed by atoms with Crippen LogP contribution in [0.1, 0.15) is 17.4 Å². The molecule has 0 unspecified atom stereocenters. The Hall–Kier alpha value is -3.28. The fourth-order valence-electron chi connectivity index (χ4n) is 3.55. The number of aromatic nitrogens is 1. The van der Waals surface area contributed by atoms with Gasteiger partial charge in [-0.2, -0.15) is 0 Å². The molecule has 3 aromatic rings. The van der Waals surface area contributed by atoms with E-state index in [1.807, 2.05) is 80.5 Å². The monoisotopic (exact) mass is 391 g/mol. The number of ether oxygens (including phenoxy) is 2. The van der Waals surface area contributed by atoms with Crippen LogP contribution in [0.4, 0.5) is 5.69 Å². The third-order valence-electron chi connectivity index (χ3n) is 5.06. The molecule has 0 saturated heterocycles. The van der Waals surface area contributed by atoms with E-state index >= 15 is 0 Å². The Bertz CT molecular complexity index is 1030. The van der Waals surface area contributed by atoms with Crippen LogP contribution < -0.4 is 14.4 Å². The van der Waals surface area contributed by atoms with Crippen molar-refractivity contribution in [3.63, 3.8) is 0 Å². The van der Waals surface area contributed by atoms with Crippen LogP contribution in [0.2, 0.25) is 0 Å². The van der Waals surface area contributed by atoms with Crippen molar-refractivity contribution >= 4 is 22.5 Å². The minimum Gasteiger partial charge on any atom is -0.486 e. The Labute approximate surface area is 170 Å². The van der Waals surface area contributed by atoms with Gasteiger partial charge in [0, 0.05) is 31.7 Å². The molecular weight excluding hydrogens is 366 g/mol. The van der Waals surface area contributed by atoms with E-state index in [1.165, 1.54) is 0 Å². The predicted octanol–water partition coefficient (Wildman–Crippen LogP) is 3.60. The molecule has 1 aliphatic heterocycles. The lowest BCUT2D eigenvalue weighted by Gasteiger charge is -2.31. The van der Waals surface area contributed by atoms with Crippen LogP contribution in [0.25, 0.3) is 10.9 Å². The van der Waals surface area contributed by atoms with Crippen molar-refractivity contribution in [2.45, 2.75) is 13.0 Å². The summed E-state index contributed by atoms with van der Waals surface area (Å²) in [5.41, 5.74) is 2.22. The van der Waals surface area contributed by atoms with E-state index in [-0.39, 0.29) is 12.0 Å². The van der Waals surface area contributed by atoms with Crippen LogP contribution in [0.5, 0.6) is 11.5 Å². The van der Waals surface area contributed by atoms with Gasteiger partial charge >= 0.3 is 0 Å². The molecule has 0 saturated carbocycles. The number of carbonyl (C=O) groups is 1. The minimum absolute atomic E-state index is 0.108. The largest absolute Gasteiger partial charge is 0.486 e. The second-order valence-electron chi connectivity index (χ2n) is 7.28. The summed E-state index contributed by atoms with van der Waals surface area (Å²) in [5.74, 6) is 1.35. The number of para-hydroxylation sites is 3. The summed E-state index contributed by atoms with van der Waals surface area (Å²) >= 11 is 0. The van der Waals surface area contributed by atoms with Crippen molar-refractivity contribution in [3.8, 4) is 11.5 Å². The number of likely N-dealkylation sites (N-methyl/N-ethyl adjacent to an activating group) is 1. The third kappa shape index (κ3) is 3.83. The first-order chi connectivity index (χ1) is 14.1. The first kappa shape index (κ1) is 19.1. The average molecular weight is 391 g/mol. The van der Waals surface area contributed by atoms with Crippen LogP contribution in [0, 0.1) is 0 Å². The zero-order valence-corrected chi connectivity index (χ0v) is 17.0. The SMILES string of the molecule is CCN(C[C@H]1COc2ccccc2O1)C(=O)c1cc(N(C)C)c2ccccc2n1. The number of amides is 1. The summed E-state index contributed by atoms with van der Waals surface area (Å²) in [6.07, 6.45) is -0.220. The summed E-state index contributed by atoms with van der Waals surface area (Å²) in [7, 11) is 3.94. The molecule has 2 aromatic carbocycles. The molecule has 0 aliphatic carbocycles. The predicted molar refractivity (Wildman–Crippen MR) is 114 cm³/mol. The van der Waals surface area contributed by atoms with E-state index in [4.69, 9.17) is 9.47 Å². The smallest absolute Gasteiger partial charge is 0.272 e. The lowest BCUT2D eigenvalue weighted by atomic mass is 10.1. The second kappa shape index (κ2) is 7.99. The molecule has 29 heavy (non-hydrogen) atoms. The van der Waals surface area contributed by atoms with Gasteiger partial charge in [-0.15, -0.1) is 0 Å². The van der Waals surface area contributed by atoms with Gasteiger partial charge in [0.1, 0.15) is 12.3 Å². The van der Waals surface area contributed by atoms with Crippen molar-refractivity contribution in [2.24, 2.45) is 0 Å². The van der Waals surface area contributed by atoms with Crippen molar-refractivity contribution in [1.29, 1.82) is 0 Å². The molecule has 1 atom stereocenters. The second-order valence-corrected chi connectivity index (χ2v) is 7.28. The van der Waals surface area contributed by atoms with E-state index < -0.39 is 0 Å². The molecule has 0 fully saturated rings. The molecule has 0 N–H and O–H groups in total. The van der Waals surface area contributed by atoms with Crippen LogP contribution in [0.15, 0.2) is 54.6 Å². The van der Waals surface area contributed by atoms with E-state index in [9.17, 15) is 4.79 Å². The molecule has 1 amide bonds. The Kier molecular flexibility index (Phi) is 5.25. The minimum atomic E-state index is -0.220. The quantitative estimate of drug-likeness (QED) is 0.665. The molecule has 4 rings (SSSR count). The summed E-state index contributed by atoms with van der Waals surface area (Å²) in [4.78, 5) is 21.7. The summed E-state index contributed by atoms with van der Waals surface area (Å²) in [5, 5.41) is 1.03. The van der Waals surface area contributed by atoms with Gasteiger partial charge < -0.3 is 19.3 Å². The number of anilines is 1. The highest BCUT2D eigenvalue weighted by atomic mass is 16.6. The Morgan fingerprint density at radius 3 is 2.59 bits per heavy atom. The molecule has 6 nitrogen and oxygen atoms in total. The standard InChI is InChI=1S/C23H25N3O3/c1-4-26(14-16-15-28-21-11-7-8-12-22(21)29-16)23(27)19-13-20(25(2)3)17-9-5-6-10-18(17)24-19/h5-13,16H,4,14-15H2,1-3H3/t16-/m0/s1. The molecule has 0 radical (unpaired) electrons. The summed E-state index contributed by atoms with van der Waals surface area (Å²) < 4.78 is 11.8. The topological polar surface area (TPSA) is 54.9 Å². The molecule has 0 spiro atoms. The zero-order chi connectivity index (χ0) is 20.4. The number of benzene rings is 2. The van der Waals surface area contributed by atoms with Crippen LogP contribution in [0.3, 0.4) is 0 Å². The number of pyridine rings is 1. The highest BCUT2D eigenvalue weighted by Gasteiger charge is 2.26. The molecule has 1 aliphatic rings. The number of hydrogen-bond donors (Lipinski definition) is 0. The molecule has 2 heterocycles. The molecule has 1 aromatic heterocycles. The van der Waals surface area contributed by atoms with Crippen molar-refractivity contribution in [3.05, 3.63) is 60.3 Å². The third-order valence-corrected chi connectivity index (χ3v) is 5.06. The maximum absolute atomic E-state index is 13.3. The lowest BCUT2D eigenvalue weighted by Crippen LogP contribution is -2.43. The normalized spacial score (nSPS) is 15.2. The molecular formula is C23H25N3O3. The first-order valence-electron chi connectivity index (χ1n) is 9.81. The van der Waals surface area contributed by atoms with Crippen LogP contribution in [-0.2, 0) is 0 Å². The molecule has 6 heteroatoms. The van der Waals surface area contributed by atoms with Crippen molar-refractivity contribution in [1.82, 2.24) is 9.88 Å². The van der Waals surface area contributed by atoms with Crippen molar-refractivity contribution < 1.29 is 14.3 Å². The lowest BCUT2D eigenvalue weighted by molar-refractivity contribution is 0.0471. The maximum atomic E-state index is 13.3. The zero-order valence-electron chi connectivity index (χ0n) is 17.0. The average Bonchev–Trinajstić information content (AvgIpc) is 2.76. The number of rotatable bonds is 5. The number of hydrogen-bond acceptors (Lipinski definition) is 5. The molecule has 0 bridgehead atoms. The van der Waals surface area contributed by atoms with Gasteiger partial charge in [0.05, 0.1) is 12.1 Å². The first-order valence-corrected chi connectivity index (χ1v) is 9.81. The highest BCUT2D eigenvalue weighted by molar-refractivity contribution is 6.00. The number of fused-ring (bicyclic) bond motifs is 2. The fraction of sp³-hybridized carbons (Fsp3) is 0.304. The fourth-order valence-corrected chi connectivity index (χ4v) is 3.55. The molecule has 150 valence electrons. The van der Waals surface area contributed by atoms with E-state index in [1.54, 1.807) is 4.90 Å². The number of carbonyl (C=O) groups excluding carboxylic acids is 1. The van der Waals surface area contributed by atoms with Gasteiger partial charge in [-0.3, -0.25) is 4.79 Å². The summed E-state index contributed by atoms with van der Waals surface area (Å²) in [6.45, 7) is 3.37. The Morgan fingerprint density at radius 1 is 1.10 bits per heavy atom. The van der Waals surface area contributed by atoms with Gasteiger partial charge in [-0.1, -0.05) is 30.3 Å². The Morgan fingerprint density at radius 2 is 1.83 bits per heavy atom. The van der Waals surface area contributed by atoms with Gasteiger partial charge in [0.25, 0.3) is 5.91 Å². The Balaban J connectivity index is 1.58. The van der Waals surface area contributed by atoms with Crippen molar-refractivity contribution in [2.75, 3.05) is 38.7 Å². The van der Waals surface area contributed by atoms with E-state index in [0.29, 0.717) is 31.1 Å². The maximum Gasteiger partial charge on any atom is 0.272 e. The van der Waals surface area contributed by atoms with Gasteiger partial charge in [-0.25, -0.2) is 4.98 Å². The van der Waals surface area contributed by atoms with Gasteiger partial charge in [0.15, 0.2) is 17.6 Å². The van der Waals surface area contributed by atoms with Gasteiger partial charge in [-0.05, 0) is 31.2 Å².